The van der Waals surface area contributed by atoms with Crippen LogP contribution in [0.15, 0.2) is 60.7 Å². The van der Waals surface area contributed by atoms with Gasteiger partial charge in [0, 0.05) is 5.56 Å². The molecule has 0 saturated carbocycles. The molecular weight excluding hydrogens is 264 g/mol. The maximum absolute atomic E-state index is 12.5. The third kappa shape index (κ3) is 4.02. The maximum Gasteiger partial charge on any atom is 0.322 e. The van der Waals surface area contributed by atoms with E-state index in [9.17, 15) is 9.59 Å². The molecule has 2 aromatic carbocycles. The fourth-order valence-corrected chi connectivity index (χ4v) is 2.12. The van der Waals surface area contributed by atoms with E-state index in [0.717, 1.165) is 6.42 Å². The SMILES string of the molecule is CCCC(C(=O)Oc1ccccc1)C(=O)c1ccccc1. The molecule has 2 aromatic rings. The van der Waals surface area contributed by atoms with Crippen molar-refractivity contribution < 1.29 is 14.3 Å². The lowest BCUT2D eigenvalue weighted by atomic mass is 9.93. The van der Waals surface area contributed by atoms with Crippen molar-refractivity contribution in [2.75, 3.05) is 0 Å². The van der Waals surface area contributed by atoms with Crippen LogP contribution in [0.25, 0.3) is 0 Å². The van der Waals surface area contributed by atoms with E-state index in [0.29, 0.717) is 17.7 Å². The molecule has 0 fully saturated rings. The second-order valence-electron chi connectivity index (χ2n) is 4.81. The first kappa shape index (κ1) is 15.0. The summed E-state index contributed by atoms with van der Waals surface area (Å²) in [5.74, 6) is -0.961. The predicted molar refractivity (Wildman–Crippen MR) is 81.2 cm³/mol. The van der Waals surface area contributed by atoms with Gasteiger partial charge in [-0.3, -0.25) is 9.59 Å². The number of carbonyl (C=O) groups excluding carboxylic acids is 2. The van der Waals surface area contributed by atoms with Crippen LogP contribution in [-0.4, -0.2) is 11.8 Å². The third-order valence-corrected chi connectivity index (χ3v) is 3.20. The standard InChI is InChI=1S/C18H18O3/c1-2-9-16(17(19)14-10-5-3-6-11-14)18(20)21-15-12-7-4-8-13-15/h3-8,10-13,16H,2,9H2,1H3. The average molecular weight is 282 g/mol. The first-order valence-corrected chi connectivity index (χ1v) is 7.08. The molecule has 108 valence electrons. The lowest BCUT2D eigenvalue weighted by Crippen LogP contribution is -2.28. The zero-order valence-corrected chi connectivity index (χ0v) is 12.0. The summed E-state index contributed by atoms with van der Waals surface area (Å²) in [6.45, 7) is 1.95. The normalized spacial score (nSPS) is 11.7. The lowest BCUT2D eigenvalue weighted by Gasteiger charge is -2.14. The van der Waals surface area contributed by atoms with Gasteiger partial charge in [0.05, 0.1) is 0 Å². The van der Waals surface area contributed by atoms with Gasteiger partial charge < -0.3 is 4.74 Å². The molecule has 0 radical (unpaired) electrons. The van der Waals surface area contributed by atoms with E-state index in [4.69, 9.17) is 4.74 Å². The lowest BCUT2D eigenvalue weighted by molar-refractivity contribution is -0.137. The first-order valence-electron chi connectivity index (χ1n) is 7.08. The molecule has 0 aliphatic carbocycles. The van der Waals surface area contributed by atoms with Crippen LogP contribution in [0.2, 0.25) is 0 Å². The fourth-order valence-electron chi connectivity index (χ4n) is 2.12. The molecule has 0 bridgehead atoms. The predicted octanol–water partition coefficient (Wildman–Crippen LogP) is 3.89. The van der Waals surface area contributed by atoms with Gasteiger partial charge in [-0.15, -0.1) is 0 Å². The first-order chi connectivity index (χ1) is 10.2. The van der Waals surface area contributed by atoms with Crippen LogP contribution in [0.4, 0.5) is 0 Å². The van der Waals surface area contributed by atoms with Crippen LogP contribution in [0, 0.1) is 5.92 Å². The number of benzene rings is 2. The summed E-state index contributed by atoms with van der Waals surface area (Å²) < 4.78 is 5.31. The Morgan fingerprint density at radius 1 is 0.952 bits per heavy atom. The summed E-state index contributed by atoms with van der Waals surface area (Å²) in [5, 5.41) is 0. The monoisotopic (exact) mass is 282 g/mol. The van der Waals surface area contributed by atoms with Crippen molar-refractivity contribution in [3.63, 3.8) is 0 Å². The number of Topliss-reactive ketones (excluding diaryl/α,β-unsaturated/α-hetero) is 1. The molecule has 0 heterocycles. The second-order valence-corrected chi connectivity index (χ2v) is 4.81. The van der Waals surface area contributed by atoms with Gasteiger partial charge in [0.15, 0.2) is 5.78 Å². The highest BCUT2D eigenvalue weighted by Crippen LogP contribution is 2.18. The Labute approximate surface area is 124 Å². The van der Waals surface area contributed by atoms with Gasteiger partial charge >= 0.3 is 5.97 Å². The smallest absolute Gasteiger partial charge is 0.322 e. The van der Waals surface area contributed by atoms with Crippen LogP contribution in [0.3, 0.4) is 0 Å². The topological polar surface area (TPSA) is 43.4 Å². The second kappa shape index (κ2) is 7.39. The van der Waals surface area contributed by atoms with Crippen molar-refractivity contribution in [3.05, 3.63) is 66.2 Å². The van der Waals surface area contributed by atoms with E-state index < -0.39 is 11.9 Å². The van der Waals surface area contributed by atoms with Gasteiger partial charge in [0.1, 0.15) is 11.7 Å². The number of carbonyl (C=O) groups is 2. The summed E-state index contributed by atoms with van der Waals surface area (Å²) in [4.78, 5) is 24.7. The van der Waals surface area contributed by atoms with Gasteiger partial charge in [0.2, 0.25) is 0 Å². The molecule has 0 spiro atoms. The highest BCUT2D eigenvalue weighted by molar-refractivity contribution is 6.09. The number of hydrogen-bond donors (Lipinski definition) is 0. The zero-order chi connectivity index (χ0) is 15.1. The van der Waals surface area contributed by atoms with E-state index in [1.807, 2.05) is 19.1 Å². The Kier molecular flexibility index (Phi) is 5.27. The van der Waals surface area contributed by atoms with Crippen LogP contribution >= 0.6 is 0 Å². The van der Waals surface area contributed by atoms with Gasteiger partial charge in [-0.2, -0.15) is 0 Å². The summed E-state index contributed by atoms with van der Waals surface area (Å²) in [7, 11) is 0. The zero-order valence-electron chi connectivity index (χ0n) is 12.0. The van der Waals surface area contributed by atoms with Crippen molar-refractivity contribution >= 4 is 11.8 Å². The molecule has 1 atom stereocenters. The minimum absolute atomic E-state index is 0.182. The molecule has 0 saturated heterocycles. The molecule has 2 rings (SSSR count). The fraction of sp³-hybridized carbons (Fsp3) is 0.222. The Balaban J connectivity index is 2.15. The van der Waals surface area contributed by atoms with E-state index in [-0.39, 0.29) is 5.78 Å². The van der Waals surface area contributed by atoms with Crippen LogP contribution in [-0.2, 0) is 4.79 Å². The largest absolute Gasteiger partial charge is 0.426 e. The summed E-state index contributed by atoms with van der Waals surface area (Å²) in [6.07, 6.45) is 1.23. The number of para-hydroxylation sites is 1. The molecule has 0 aliphatic heterocycles. The van der Waals surface area contributed by atoms with Crippen LogP contribution < -0.4 is 4.74 Å². The number of rotatable bonds is 6. The number of ketones is 1. The van der Waals surface area contributed by atoms with E-state index in [1.54, 1.807) is 48.5 Å². The van der Waals surface area contributed by atoms with Gasteiger partial charge in [-0.25, -0.2) is 0 Å². The van der Waals surface area contributed by atoms with Crippen molar-refractivity contribution in [3.8, 4) is 5.75 Å². The molecule has 0 amide bonds. The van der Waals surface area contributed by atoms with Crippen LogP contribution in [0.1, 0.15) is 30.1 Å². The third-order valence-electron chi connectivity index (χ3n) is 3.20. The quantitative estimate of drug-likeness (QED) is 0.349. The number of hydrogen-bond acceptors (Lipinski definition) is 3. The molecule has 3 heteroatoms. The molecular formula is C18H18O3. The Hall–Kier alpha value is -2.42. The van der Waals surface area contributed by atoms with Crippen molar-refractivity contribution in [1.29, 1.82) is 0 Å². The van der Waals surface area contributed by atoms with Crippen molar-refractivity contribution in [2.45, 2.75) is 19.8 Å². The molecule has 0 aliphatic rings. The van der Waals surface area contributed by atoms with E-state index in [2.05, 4.69) is 0 Å². The van der Waals surface area contributed by atoms with Gasteiger partial charge in [-0.05, 0) is 18.6 Å². The maximum atomic E-state index is 12.5. The number of esters is 1. The van der Waals surface area contributed by atoms with Crippen molar-refractivity contribution in [2.24, 2.45) is 5.92 Å². The average Bonchev–Trinajstić information content (AvgIpc) is 2.53. The summed E-state index contributed by atoms with van der Waals surface area (Å²) in [5.41, 5.74) is 0.543. The minimum atomic E-state index is -0.752. The summed E-state index contributed by atoms with van der Waals surface area (Å²) in [6, 6.07) is 17.7. The molecule has 3 nitrogen and oxygen atoms in total. The van der Waals surface area contributed by atoms with E-state index >= 15 is 0 Å². The molecule has 0 aromatic heterocycles. The Bertz CT molecular complexity index is 590. The van der Waals surface area contributed by atoms with Gasteiger partial charge in [-0.1, -0.05) is 61.9 Å². The minimum Gasteiger partial charge on any atom is -0.426 e. The highest BCUT2D eigenvalue weighted by atomic mass is 16.5. The van der Waals surface area contributed by atoms with E-state index in [1.165, 1.54) is 0 Å². The van der Waals surface area contributed by atoms with Gasteiger partial charge in [0.25, 0.3) is 0 Å². The van der Waals surface area contributed by atoms with Crippen LogP contribution in [0.5, 0.6) is 5.75 Å². The highest BCUT2D eigenvalue weighted by Gasteiger charge is 2.28. The van der Waals surface area contributed by atoms with Crippen molar-refractivity contribution in [1.82, 2.24) is 0 Å². The molecule has 1 unspecified atom stereocenters. The Morgan fingerprint density at radius 3 is 2.10 bits per heavy atom. The molecule has 21 heavy (non-hydrogen) atoms. The summed E-state index contributed by atoms with van der Waals surface area (Å²) >= 11 is 0. The molecule has 0 N–H and O–H groups in total. The Morgan fingerprint density at radius 2 is 1.52 bits per heavy atom. The number of ether oxygens (including phenoxy) is 1.